The van der Waals surface area contributed by atoms with E-state index < -0.39 is 0 Å². The van der Waals surface area contributed by atoms with Crippen molar-refractivity contribution in [3.05, 3.63) is 84.4 Å². The Hall–Kier alpha value is -2.54. The molecule has 1 nitrogen and oxygen atoms in total. The van der Waals surface area contributed by atoms with E-state index in [0.717, 1.165) is 0 Å². The first-order valence-electron chi connectivity index (χ1n) is 7.20. The predicted molar refractivity (Wildman–Crippen MR) is 91.1 cm³/mol. The second kappa shape index (κ2) is 5.84. The van der Waals surface area contributed by atoms with Crippen molar-refractivity contribution in [3.63, 3.8) is 0 Å². The summed E-state index contributed by atoms with van der Waals surface area (Å²) in [5, 5.41) is 0. The molecule has 104 valence electrons. The summed E-state index contributed by atoms with van der Waals surface area (Å²) in [6, 6.07) is 27.7. The van der Waals surface area contributed by atoms with Crippen molar-refractivity contribution in [2.75, 3.05) is 11.9 Å². The summed E-state index contributed by atoms with van der Waals surface area (Å²) in [4.78, 5) is 2.19. The van der Waals surface area contributed by atoms with Crippen LogP contribution in [0, 0.1) is 6.92 Å². The van der Waals surface area contributed by atoms with Gasteiger partial charge in [-0.25, -0.2) is 0 Å². The highest BCUT2D eigenvalue weighted by Gasteiger charge is 2.04. The fourth-order valence-electron chi connectivity index (χ4n) is 2.42. The number of hydrogen-bond acceptors (Lipinski definition) is 1. The Morgan fingerprint density at radius 2 is 1.05 bits per heavy atom. The van der Waals surface area contributed by atoms with E-state index in [1.165, 1.54) is 28.1 Å². The van der Waals surface area contributed by atoms with Crippen molar-refractivity contribution >= 4 is 11.4 Å². The third kappa shape index (κ3) is 2.97. The van der Waals surface area contributed by atoms with Crippen LogP contribution in [0.4, 0.5) is 11.4 Å². The van der Waals surface area contributed by atoms with Gasteiger partial charge in [-0.3, -0.25) is 0 Å². The molecule has 0 bridgehead atoms. The van der Waals surface area contributed by atoms with Gasteiger partial charge in [0.2, 0.25) is 0 Å². The van der Waals surface area contributed by atoms with Crippen LogP contribution < -0.4 is 4.90 Å². The summed E-state index contributed by atoms with van der Waals surface area (Å²) in [7, 11) is 2.09. The maximum atomic E-state index is 2.19. The molecule has 0 amide bonds. The van der Waals surface area contributed by atoms with Crippen molar-refractivity contribution in [1.82, 2.24) is 0 Å². The zero-order valence-electron chi connectivity index (χ0n) is 12.5. The molecule has 0 atom stereocenters. The van der Waals surface area contributed by atoms with Crippen LogP contribution in [0.25, 0.3) is 11.1 Å². The summed E-state index contributed by atoms with van der Waals surface area (Å²) in [5.41, 5.74) is 6.19. The molecule has 0 heterocycles. The molecule has 0 N–H and O–H groups in total. The van der Waals surface area contributed by atoms with Crippen LogP contribution in [0.15, 0.2) is 78.9 Å². The van der Waals surface area contributed by atoms with Gasteiger partial charge in [0.1, 0.15) is 0 Å². The summed E-state index contributed by atoms with van der Waals surface area (Å²) >= 11 is 0. The van der Waals surface area contributed by atoms with Gasteiger partial charge in [-0.05, 0) is 42.3 Å². The largest absolute Gasteiger partial charge is 0.345 e. The van der Waals surface area contributed by atoms with E-state index in [2.05, 4.69) is 91.7 Å². The summed E-state index contributed by atoms with van der Waals surface area (Å²) < 4.78 is 0. The highest BCUT2D eigenvalue weighted by molar-refractivity contribution is 5.69. The minimum atomic E-state index is 1.19. The van der Waals surface area contributed by atoms with Gasteiger partial charge in [-0.1, -0.05) is 60.2 Å². The molecule has 0 radical (unpaired) electrons. The maximum Gasteiger partial charge on any atom is 0.0408 e. The normalized spacial score (nSPS) is 10.4. The zero-order valence-corrected chi connectivity index (χ0v) is 12.5. The van der Waals surface area contributed by atoms with Crippen molar-refractivity contribution in [2.45, 2.75) is 6.92 Å². The number of rotatable bonds is 3. The number of benzene rings is 3. The number of nitrogens with zero attached hydrogens (tertiary/aromatic N) is 1. The predicted octanol–water partition coefficient (Wildman–Crippen LogP) is 5.43. The van der Waals surface area contributed by atoms with E-state index in [-0.39, 0.29) is 0 Å². The molecular formula is C20H19N. The number of para-hydroxylation sites is 1. The fraction of sp³-hybridized carbons (Fsp3) is 0.100. The van der Waals surface area contributed by atoms with E-state index >= 15 is 0 Å². The average molecular weight is 273 g/mol. The van der Waals surface area contributed by atoms with Gasteiger partial charge in [-0.15, -0.1) is 0 Å². The Balaban J connectivity index is 1.85. The summed E-state index contributed by atoms with van der Waals surface area (Å²) in [6.07, 6.45) is 0. The third-order valence-electron chi connectivity index (χ3n) is 3.78. The SMILES string of the molecule is Cc1ccc(-c2ccc(N(C)c3ccccc3)cc2)cc1. The molecule has 0 fully saturated rings. The minimum Gasteiger partial charge on any atom is -0.345 e. The molecule has 0 saturated carbocycles. The molecule has 3 aromatic carbocycles. The summed E-state index contributed by atoms with van der Waals surface area (Å²) in [5.74, 6) is 0. The van der Waals surface area contributed by atoms with Crippen molar-refractivity contribution in [3.8, 4) is 11.1 Å². The maximum absolute atomic E-state index is 2.19. The molecule has 0 saturated heterocycles. The van der Waals surface area contributed by atoms with E-state index in [0.29, 0.717) is 0 Å². The summed E-state index contributed by atoms with van der Waals surface area (Å²) in [6.45, 7) is 2.11. The molecule has 0 aliphatic rings. The third-order valence-corrected chi connectivity index (χ3v) is 3.78. The fourth-order valence-corrected chi connectivity index (χ4v) is 2.42. The molecule has 0 unspecified atom stereocenters. The Bertz CT molecular complexity index is 697. The first-order valence-corrected chi connectivity index (χ1v) is 7.20. The Labute approximate surface area is 126 Å². The minimum absolute atomic E-state index is 1.19. The molecule has 3 rings (SSSR count). The Morgan fingerprint density at radius 1 is 0.571 bits per heavy atom. The zero-order chi connectivity index (χ0) is 14.7. The quantitative estimate of drug-likeness (QED) is 0.615. The molecular weight excluding hydrogens is 254 g/mol. The van der Waals surface area contributed by atoms with Gasteiger partial charge < -0.3 is 4.90 Å². The van der Waals surface area contributed by atoms with Crippen LogP contribution in [0.5, 0.6) is 0 Å². The lowest BCUT2D eigenvalue weighted by Crippen LogP contribution is -2.08. The van der Waals surface area contributed by atoms with Crippen LogP contribution in [-0.2, 0) is 0 Å². The van der Waals surface area contributed by atoms with Gasteiger partial charge in [0, 0.05) is 18.4 Å². The van der Waals surface area contributed by atoms with Gasteiger partial charge in [0.05, 0.1) is 0 Å². The van der Waals surface area contributed by atoms with Gasteiger partial charge in [0.15, 0.2) is 0 Å². The lowest BCUT2D eigenvalue weighted by molar-refractivity contribution is 1.21. The molecule has 0 spiro atoms. The van der Waals surface area contributed by atoms with Gasteiger partial charge in [0.25, 0.3) is 0 Å². The Morgan fingerprint density at radius 3 is 1.62 bits per heavy atom. The lowest BCUT2D eigenvalue weighted by atomic mass is 10.0. The van der Waals surface area contributed by atoms with Crippen LogP contribution in [0.2, 0.25) is 0 Å². The van der Waals surface area contributed by atoms with Crippen LogP contribution >= 0.6 is 0 Å². The van der Waals surface area contributed by atoms with Crippen LogP contribution in [0.3, 0.4) is 0 Å². The standard InChI is InChI=1S/C20H19N/c1-16-8-10-17(11-9-16)18-12-14-20(15-13-18)21(2)19-6-4-3-5-7-19/h3-15H,1-2H3. The molecule has 0 aromatic heterocycles. The lowest BCUT2D eigenvalue weighted by Gasteiger charge is -2.19. The first-order chi connectivity index (χ1) is 10.2. The molecule has 1 heteroatoms. The van der Waals surface area contributed by atoms with Crippen LogP contribution in [-0.4, -0.2) is 7.05 Å². The molecule has 0 aliphatic carbocycles. The second-order valence-electron chi connectivity index (χ2n) is 5.31. The Kier molecular flexibility index (Phi) is 3.74. The monoisotopic (exact) mass is 273 g/mol. The van der Waals surface area contributed by atoms with E-state index in [4.69, 9.17) is 0 Å². The van der Waals surface area contributed by atoms with Gasteiger partial charge in [-0.2, -0.15) is 0 Å². The smallest absolute Gasteiger partial charge is 0.0408 e. The topological polar surface area (TPSA) is 3.24 Å². The molecule has 3 aromatic rings. The number of hydrogen-bond donors (Lipinski definition) is 0. The van der Waals surface area contributed by atoms with Crippen molar-refractivity contribution in [2.24, 2.45) is 0 Å². The van der Waals surface area contributed by atoms with Crippen LogP contribution in [0.1, 0.15) is 5.56 Å². The average Bonchev–Trinajstić information content (AvgIpc) is 2.56. The van der Waals surface area contributed by atoms with Crippen molar-refractivity contribution < 1.29 is 0 Å². The van der Waals surface area contributed by atoms with E-state index in [1.807, 2.05) is 6.07 Å². The number of anilines is 2. The molecule has 21 heavy (non-hydrogen) atoms. The highest BCUT2D eigenvalue weighted by atomic mass is 15.1. The first kappa shape index (κ1) is 13.4. The van der Waals surface area contributed by atoms with E-state index in [9.17, 15) is 0 Å². The highest BCUT2D eigenvalue weighted by Crippen LogP contribution is 2.26. The number of aryl methyl sites for hydroxylation is 1. The van der Waals surface area contributed by atoms with Gasteiger partial charge >= 0.3 is 0 Å². The second-order valence-corrected chi connectivity index (χ2v) is 5.31. The van der Waals surface area contributed by atoms with Crippen molar-refractivity contribution in [1.29, 1.82) is 0 Å². The molecule has 0 aliphatic heterocycles. The van der Waals surface area contributed by atoms with E-state index in [1.54, 1.807) is 0 Å².